The fourth-order valence-electron chi connectivity index (χ4n) is 2.91. The summed E-state index contributed by atoms with van der Waals surface area (Å²) < 4.78 is 13.7. The molecule has 0 amide bonds. The fourth-order valence-corrected chi connectivity index (χ4v) is 3.14. The first-order chi connectivity index (χ1) is 9.59. The first-order valence-corrected chi connectivity index (χ1v) is 7.85. The highest BCUT2D eigenvalue weighted by Crippen LogP contribution is 2.20. The van der Waals surface area contributed by atoms with Crippen molar-refractivity contribution in [2.24, 2.45) is 5.92 Å². The van der Waals surface area contributed by atoms with Crippen molar-refractivity contribution in [2.45, 2.75) is 39.3 Å². The molecule has 1 N–H and O–H groups in total. The first kappa shape index (κ1) is 15.7. The quantitative estimate of drug-likeness (QED) is 0.862. The SMILES string of the molecule is CC(C)C(CNCc1c(F)cccc1Cl)N1CCCC1. The fraction of sp³-hybridized carbons (Fsp3) is 0.625. The number of hydrogen-bond acceptors (Lipinski definition) is 2. The van der Waals surface area contributed by atoms with Gasteiger partial charge in [0.1, 0.15) is 5.82 Å². The molecule has 1 atom stereocenters. The highest BCUT2D eigenvalue weighted by molar-refractivity contribution is 6.31. The van der Waals surface area contributed by atoms with Crippen molar-refractivity contribution in [1.82, 2.24) is 10.2 Å². The van der Waals surface area contributed by atoms with Crippen molar-refractivity contribution in [3.8, 4) is 0 Å². The van der Waals surface area contributed by atoms with Crippen molar-refractivity contribution >= 4 is 11.6 Å². The summed E-state index contributed by atoms with van der Waals surface area (Å²) in [5.41, 5.74) is 0.568. The van der Waals surface area contributed by atoms with Gasteiger partial charge in [-0.2, -0.15) is 0 Å². The number of benzene rings is 1. The molecule has 0 aliphatic carbocycles. The second-order valence-corrected chi connectivity index (χ2v) is 6.29. The molecule has 1 unspecified atom stereocenters. The molecule has 1 aliphatic rings. The van der Waals surface area contributed by atoms with Crippen molar-refractivity contribution < 1.29 is 4.39 Å². The minimum atomic E-state index is -0.229. The van der Waals surface area contributed by atoms with Gasteiger partial charge in [-0.05, 0) is 44.0 Å². The average molecular weight is 299 g/mol. The molecule has 1 aromatic rings. The van der Waals surface area contributed by atoms with E-state index in [1.165, 1.54) is 32.0 Å². The standard InChI is InChI=1S/C16H24ClFN2/c1-12(2)16(20-8-3-4-9-20)11-19-10-13-14(17)6-5-7-15(13)18/h5-7,12,16,19H,3-4,8-11H2,1-2H3. The number of nitrogens with one attached hydrogen (secondary N) is 1. The van der Waals surface area contributed by atoms with E-state index in [2.05, 4.69) is 24.1 Å². The maximum atomic E-state index is 13.7. The molecule has 1 aromatic carbocycles. The Kier molecular flexibility index (Phi) is 5.82. The number of rotatable bonds is 6. The first-order valence-electron chi connectivity index (χ1n) is 7.47. The molecule has 112 valence electrons. The minimum Gasteiger partial charge on any atom is -0.311 e. The summed E-state index contributed by atoms with van der Waals surface area (Å²) in [7, 11) is 0. The van der Waals surface area contributed by atoms with Crippen LogP contribution in [0, 0.1) is 11.7 Å². The van der Waals surface area contributed by atoms with E-state index in [1.807, 2.05) is 0 Å². The highest BCUT2D eigenvalue weighted by atomic mass is 35.5. The van der Waals surface area contributed by atoms with Crippen LogP contribution in [0.5, 0.6) is 0 Å². The van der Waals surface area contributed by atoms with Crippen LogP contribution in [-0.2, 0) is 6.54 Å². The van der Waals surface area contributed by atoms with E-state index in [1.54, 1.807) is 12.1 Å². The largest absolute Gasteiger partial charge is 0.311 e. The predicted octanol–water partition coefficient (Wildman–Crippen LogP) is 3.69. The third-order valence-corrected chi connectivity index (χ3v) is 4.45. The highest BCUT2D eigenvalue weighted by Gasteiger charge is 2.24. The number of nitrogens with zero attached hydrogens (tertiary/aromatic N) is 1. The lowest BCUT2D eigenvalue weighted by Crippen LogP contribution is -2.44. The summed E-state index contributed by atoms with van der Waals surface area (Å²) in [6.07, 6.45) is 2.59. The maximum absolute atomic E-state index is 13.7. The Morgan fingerprint density at radius 1 is 1.30 bits per heavy atom. The predicted molar refractivity (Wildman–Crippen MR) is 82.5 cm³/mol. The number of likely N-dealkylation sites (tertiary alicyclic amines) is 1. The molecule has 0 aromatic heterocycles. The topological polar surface area (TPSA) is 15.3 Å². The summed E-state index contributed by atoms with van der Waals surface area (Å²) >= 11 is 6.04. The van der Waals surface area contributed by atoms with E-state index in [-0.39, 0.29) is 5.82 Å². The van der Waals surface area contributed by atoms with E-state index in [0.717, 1.165) is 6.54 Å². The van der Waals surface area contributed by atoms with Crippen molar-refractivity contribution in [3.63, 3.8) is 0 Å². The molecule has 1 aliphatic heterocycles. The molecule has 1 saturated heterocycles. The van der Waals surface area contributed by atoms with E-state index in [9.17, 15) is 4.39 Å². The molecule has 0 radical (unpaired) electrons. The number of hydrogen-bond donors (Lipinski definition) is 1. The average Bonchev–Trinajstić information content (AvgIpc) is 2.90. The molecule has 1 heterocycles. The molecular formula is C16H24ClFN2. The lowest BCUT2D eigenvalue weighted by atomic mass is 10.0. The molecule has 4 heteroatoms. The zero-order valence-corrected chi connectivity index (χ0v) is 13.1. The maximum Gasteiger partial charge on any atom is 0.129 e. The van der Waals surface area contributed by atoms with E-state index < -0.39 is 0 Å². The van der Waals surface area contributed by atoms with E-state index in [0.29, 0.717) is 29.1 Å². The molecule has 2 rings (SSSR count). The Labute approximate surface area is 126 Å². The monoisotopic (exact) mass is 298 g/mol. The smallest absolute Gasteiger partial charge is 0.129 e. The third kappa shape index (κ3) is 3.94. The Balaban J connectivity index is 1.90. The minimum absolute atomic E-state index is 0.229. The zero-order valence-electron chi connectivity index (χ0n) is 12.3. The van der Waals surface area contributed by atoms with Crippen molar-refractivity contribution in [1.29, 1.82) is 0 Å². The molecule has 2 nitrogen and oxygen atoms in total. The molecule has 0 bridgehead atoms. The third-order valence-electron chi connectivity index (χ3n) is 4.10. The van der Waals surface area contributed by atoms with Crippen molar-refractivity contribution in [3.05, 3.63) is 34.6 Å². The molecule has 20 heavy (non-hydrogen) atoms. The van der Waals surface area contributed by atoms with Crippen LogP contribution < -0.4 is 5.32 Å². The van der Waals surface area contributed by atoms with E-state index in [4.69, 9.17) is 11.6 Å². The molecule has 0 saturated carbocycles. The second-order valence-electron chi connectivity index (χ2n) is 5.89. The molecule has 1 fully saturated rings. The zero-order chi connectivity index (χ0) is 14.5. The van der Waals surface area contributed by atoms with Gasteiger partial charge in [-0.1, -0.05) is 31.5 Å². The van der Waals surface area contributed by atoms with Gasteiger partial charge < -0.3 is 5.32 Å². The van der Waals surface area contributed by atoms with Crippen LogP contribution in [0.3, 0.4) is 0 Å². The van der Waals surface area contributed by atoms with Gasteiger partial charge >= 0.3 is 0 Å². The number of halogens is 2. The summed E-state index contributed by atoms with van der Waals surface area (Å²) in [6.45, 7) is 8.24. The molecule has 0 spiro atoms. The lowest BCUT2D eigenvalue weighted by molar-refractivity contribution is 0.186. The van der Waals surface area contributed by atoms with Crippen LogP contribution in [0.2, 0.25) is 5.02 Å². The Hall–Kier alpha value is -0.640. The van der Waals surface area contributed by atoms with Crippen LogP contribution in [0.25, 0.3) is 0 Å². The van der Waals surface area contributed by atoms with Crippen LogP contribution in [0.4, 0.5) is 4.39 Å². The van der Waals surface area contributed by atoms with Gasteiger partial charge in [0.25, 0.3) is 0 Å². The Morgan fingerprint density at radius 3 is 2.60 bits per heavy atom. The summed E-state index contributed by atoms with van der Waals surface area (Å²) in [5.74, 6) is 0.365. The van der Waals surface area contributed by atoms with Gasteiger partial charge in [-0.3, -0.25) is 4.90 Å². The van der Waals surface area contributed by atoms with Crippen LogP contribution in [0.15, 0.2) is 18.2 Å². The second kappa shape index (κ2) is 7.39. The van der Waals surface area contributed by atoms with Crippen LogP contribution in [0.1, 0.15) is 32.3 Å². The molecular weight excluding hydrogens is 275 g/mol. The summed E-state index contributed by atoms with van der Waals surface area (Å²) in [6, 6.07) is 5.36. The van der Waals surface area contributed by atoms with Gasteiger partial charge in [-0.15, -0.1) is 0 Å². The van der Waals surface area contributed by atoms with Crippen molar-refractivity contribution in [2.75, 3.05) is 19.6 Å². The normalized spacial score (nSPS) is 17.9. The summed E-state index contributed by atoms with van der Waals surface area (Å²) in [5, 5.41) is 3.88. The van der Waals surface area contributed by atoms with Gasteiger partial charge in [0.05, 0.1) is 0 Å². The van der Waals surface area contributed by atoms with Crippen LogP contribution in [-0.4, -0.2) is 30.6 Å². The van der Waals surface area contributed by atoms with Gasteiger partial charge in [0, 0.05) is 29.7 Å². The Bertz CT molecular complexity index is 410. The summed E-state index contributed by atoms with van der Waals surface area (Å²) in [4.78, 5) is 2.54. The Morgan fingerprint density at radius 2 is 2.00 bits per heavy atom. The van der Waals surface area contributed by atoms with Gasteiger partial charge in [0.2, 0.25) is 0 Å². The van der Waals surface area contributed by atoms with E-state index >= 15 is 0 Å². The van der Waals surface area contributed by atoms with Crippen LogP contribution >= 0.6 is 11.6 Å². The van der Waals surface area contributed by atoms with Gasteiger partial charge in [-0.25, -0.2) is 4.39 Å². The van der Waals surface area contributed by atoms with Gasteiger partial charge in [0.15, 0.2) is 0 Å². The lowest BCUT2D eigenvalue weighted by Gasteiger charge is -2.31.